The minimum absolute atomic E-state index is 0.246. The summed E-state index contributed by atoms with van der Waals surface area (Å²) in [6, 6.07) is 14.0. The zero-order chi connectivity index (χ0) is 17.8. The topological polar surface area (TPSA) is 50.1 Å². The van der Waals surface area contributed by atoms with Crippen molar-refractivity contribution in [1.29, 1.82) is 0 Å². The van der Waals surface area contributed by atoms with E-state index < -0.39 is 6.10 Å². The quantitative estimate of drug-likeness (QED) is 0.725. The molecule has 130 valence electrons. The van der Waals surface area contributed by atoms with Gasteiger partial charge in [0.25, 0.3) is 0 Å². The Morgan fingerprint density at radius 1 is 1.12 bits per heavy atom. The molecule has 0 fully saturated rings. The number of hydrogen-bond acceptors (Lipinski definition) is 3. The van der Waals surface area contributed by atoms with Gasteiger partial charge in [0.2, 0.25) is 0 Å². The van der Waals surface area contributed by atoms with Crippen LogP contribution in [0.25, 0.3) is 0 Å². The van der Waals surface area contributed by atoms with E-state index in [0.29, 0.717) is 6.54 Å². The molecule has 3 aromatic rings. The number of benzene rings is 2. The molecule has 0 saturated heterocycles. The minimum Gasteiger partial charge on any atom is -0.387 e. The van der Waals surface area contributed by atoms with Crippen molar-refractivity contribution in [3.63, 3.8) is 0 Å². The first-order valence-electron chi connectivity index (χ1n) is 8.25. The van der Waals surface area contributed by atoms with Gasteiger partial charge in [0.05, 0.1) is 18.3 Å². The van der Waals surface area contributed by atoms with Crippen molar-refractivity contribution in [1.82, 2.24) is 15.1 Å². The van der Waals surface area contributed by atoms with Crippen molar-refractivity contribution in [2.45, 2.75) is 19.1 Å². The summed E-state index contributed by atoms with van der Waals surface area (Å²) in [4.78, 5) is 0. The van der Waals surface area contributed by atoms with Crippen molar-refractivity contribution in [2.24, 2.45) is 7.05 Å². The summed E-state index contributed by atoms with van der Waals surface area (Å²) >= 11 is 0. The lowest BCUT2D eigenvalue weighted by Gasteiger charge is -2.21. The Morgan fingerprint density at radius 2 is 1.88 bits per heavy atom. The molecule has 2 unspecified atom stereocenters. The summed E-state index contributed by atoms with van der Waals surface area (Å²) < 4.78 is 15.4. The molecule has 2 N–H and O–H groups in total. The molecule has 0 radical (unpaired) electrons. The van der Waals surface area contributed by atoms with Gasteiger partial charge in [-0.05, 0) is 30.2 Å². The maximum Gasteiger partial charge on any atom is 0.123 e. The smallest absolute Gasteiger partial charge is 0.123 e. The van der Waals surface area contributed by atoms with E-state index in [1.54, 1.807) is 16.9 Å². The van der Waals surface area contributed by atoms with Crippen LogP contribution < -0.4 is 5.32 Å². The number of rotatable bonds is 6. The van der Waals surface area contributed by atoms with Crippen LogP contribution in [-0.4, -0.2) is 21.4 Å². The number of aryl methyl sites for hydroxylation is 2. The van der Waals surface area contributed by atoms with Crippen molar-refractivity contribution in [3.8, 4) is 0 Å². The average Bonchev–Trinajstić information content (AvgIpc) is 3.02. The maximum absolute atomic E-state index is 13.7. The Kier molecular flexibility index (Phi) is 5.26. The molecule has 1 aromatic heterocycles. The standard InChI is InChI=1S/C20H22FN3O/c1-14-6-8-15(9-7-14)19(25)12-22-20(17-11-23-24(2)13-17)16-4-3-5-18(21)10-16/h3-11,13,19-20,22,25H,12H2,1-2H3. The number of nitrogens with one attached hydrogen (secondary N) is 1. The molecule has 2 aromatic carbocycles. The normalized spacial score (nSPS) is 13.6. The lowest BCUT2D eigenvalue weighted by Crippen LogP contribution is -2.27. The number of aromatic nitrogens is 2. The molecule has 0 aliphatic carbocycles. The first kappa shape index (κ1) is 17.3. The predicted octanol–water partition coefficient (Wildman–Crippen LogP) is 3.28. The van der Waals surface area contributed by atoms with Gasteiger partial charge in [0, 0.05) is 25.4 Å². The molecule has 0 saturated carbocycles. The zero-order valence-electron chi connectivity index (χ0n) is 14.4. The van der Waals surface area contributed by atoms with Gasteiger partial charge in [-0.1, -0.05) is 42.0 Å². The lowest BCUT2D eigenvalue weighted by molar-refractivity contribution is 0.172. The molecule has 25 heavy (non-hydrogen) atoms. The first-order chi connectivity index (χ1) is 12.0. The minimum atomic E-state index is -0.645. The average molecular weight is 339 g/mol. The molecule has 3 rings (SSSR count). The van der Waals surface area contributed by atoms with Crippen LogP contribution in [0.4, 0.5) is 4.39 Å². The van der Waals surface area contributed by atoms with E-state index >= 15 is 0 Å². The lowest BCUT2D eigenvalue weighted by atomic mass is 10.0. The third-order valence-electron chi connectivity index (χ3n) is 4.22. The third-order valence-corrected chi connectivity index (χ3v) is 4.22. The van der Waals surface area contributed by atoms with Gasteiger partial charge in [0.1, 0.15) is 5.82 Å². The molecule has 1 heterocycles. The zero-order valence-corrected chi connectivity index (χ0v) is 14.4. The Balaban J connectivity index is 1.79. The van der Waals surface area contributed by atoms with Crippen LogP contribution in [0.3, 0.4) is 0 Å². The third kappa shape index (κ3) is 4.32. The van der Waals surface area contributed by atoms with Crippen molar-refractivity contribution < 1.29 is 9.50 Å². The monoisotopic (exact) mass is 339 g/mol. The SMILES string of the molecule is Cc1ccc(C(O)CNC(c2cccc(F)c2)c2cnn(C)c2)cc1. The van der Waals surface area contributed by atoms with Crippen LogP contribution in [0, 0.1) is 12.7 Å². The van der Waals surface area contributed by atoms with Crippen LogP contribution >= 0.6 is 0 Å². The molecule has 5 heteroatoms. The highest BCUT2D eigenvalue weighted by atomic mass is 19.1. The Morgan fingerprint density at radius 3 is 2.52 bits per heavy atom. The van der Waals surface area contributed by atoms with Crippen LogP contribution in [0.5, 0.6) is 0 Å². The number of aliphatic hydroxyl groups is 1. The number of halogens is 1. The van der Waals surface area contributed by atoms with Gasteiger partial charge in [-0.2, -0.15) is 5.10 Å². The van der Waals surface area contributed by atoms with Gasteiger partial charge in [-0.3, -0.25) is 4.68 Å². The highest BCUT2D eigenvalue weighted by Crippen LogP contribution is 2.23. The molecule has 0 aliphatic heterocycles. The summed E-state index contributed by atoms with van der Waals surface area (Å²) in [5.74, 6) is -0.285. The summed E-state index contributed by atoms with van der Waals surface area (Å²) in [5.41, 5.74) is 3.72. The molecule has 0 spiro atoms. The van der Waals surface area contributed by atoms with E-state index in [2.05, 4.69) is 10.4 Å². The van der Waals surface area contributed by atoms with E-state index in [0.717, 1.165) is 22.3 Å². The maximum atomic E-state index is 13.7. The number of nitrogens with zero attached hydrogens (tertiary/aromatic N) is 2. The van der Waals surface area contributed by atoms with Crippen LogP contribution in [0.15, 0.2) is 60.9 Å². The summed E-state index contributed by atoms with van der Waals surface area (Å²) in [6.45, 7) is 2.36. The summed E-state index contributed by atoms with van der Waals surface area (Å²) in [7, 11) is 1.84. The number of aliphatic hydroxyl groups excluding tert-OH is 1. The molecule has 0 amide bonds. The predicted molar refractivity (Wildman–Crippen MR) is 95.6 cm³/mol. The van der Waals surface area contributed by atoms with E-state index in [4.69, 9.17) is 0 Å². The molecular formula is C20H22FN3O. The first-order valence-corrected chi connectivity index (χ1v) is 8.25. The second-order valence-electron chi connectivity index (χ2n) is 6.27. The van der Waals surface area contributed by atoms with Crippen molar-refractivity contribution in [3.05, 3.63) is 89.0 Å². The molecule has 0 bridgehead atoms. The molecule has 4 nitrogen and oxygen atoms in total. The highest BCUT2D eigenvalue weighted by molar-refractivity contribution is 5.30. The van der Waals surface area contributed by atoms with Crippen LogP contribution in [0.1, 0.15) is 34.4 Å². The fourth-order valence-electron chi connectivity index (χ4n) is 2.84. The molecule has 0 aliphatic rings. The second-order valence-corrected chi connectivity index (χ2v) is 6.27. The Labute approximate surface area is 146 Å². The fourth-order valence-corrected chi connectivity index (χ4v) is 2.84. The Bertz CT molecular complexity index is 829. The van der Waals surface area contributed by atoms with Crippen molar-refractivity contribution >= 4 is 0 Å². The highest BCUT2D eigenvalue weighted by Gasteiger charge is 2.18. The van der Waals surface area contributed by atoms with E-state index in [1.807, 2.05) is 50.5 Å². The fraction of sp³-hybridized carbons (Fsp3) is 0.250. The second kappa shape index (κ2) is 7.59. The Hall–Kier alpha value is -2.50. The molecule has 2 atom stereocenters. The van der Waals surface area contributed by atoms with Crippen LogP contribution in [-0.2, 0) is 7.05 Å². The largest absolute Gasteiger partial charge is 0.387 e. The summed E-state index contributed by atoms with van der Waals surface area (Å²) in [5, 5.41) is 18.0. The summed E-state index contributed by atoms with van der Waals surface area (Å²) in [6.07, 6.45) is 3.00. The van der Waals surface area contributed by atoms with Gasteiger partial charge in [0.15, 0.2) is 0 Å². The number of hydrogen-bond donors (Lipinski definition) is 2. The van der Waals surface area contributed by atoms with Gasteiger partial charge < -0.3 is 10.4 Å². The van der Waals surface area contributed by atoms with Gasteiger partial charge in [-0.25, -0.2) is 4.39 Å². The van der Waals surface area contributed by atoms with Crippen molar-refractivity contribution in [2.75, 3.05) is 6.54 Å². The van der Waals surface area contributed by atoms with Crippen LogP contribution in [0.2, 0.25) is 0 Å². The van der Waals surface area contributed by atoms with Gasteiger partial charge >= 0.3 is 0 Å². The van der Waals surface area contributed by atoms with E-state index in [-0.39, 0.29) is 11.9 Å². The van der Waals surface area contributed by atoms with Gasteiger partial charge in [-0.15, -0.1) is 0 Å². The molecular weight excluding hydrogens is 317 g/mol. The van der Waals surface area contributed by atoms with E-state index in [9.17, 15) is 9.50 Å². The van der Waals surface area contributed by atoms with E-state index in [1.165, 1.54) is 12.1 Å².